The van der Waals surface area contributed by atoms with E-state index in [0.717, 1.165) is 5.41 Å². The summed E-state index contributed by atoms with van der Waals surface area (Å²) >= 11 is 0. The van der Waals surface area contributed by atoms with E-state index in [2.05, 4.69) is 13.8 Å². The smallest absolute Gasteiger partial charge is 0.0354 e. The molecule has 0 aromatic rings. The second kappa shape index (κ2) is 7.11. The first-order valence-electron chi connectivity index (χ1n) is 4.71. The van der Waals surface area contributed by atoms with Gasteiger partial charge in [0.2, 0.25) is 0 Å². The Morgan fingerprint density at radius 3 is 1.00 bits per heavy atom. The average Bonchev–Trinajstić information content (AvgIpc) is 1.94. The third-order valence-corrected chi connectivity index (χ3v) is 1.71. The van der Waals surface area contributed by atoms with Gasteiger partial charge in [0.05, 0.1) is 0 Å². The Hall–Kier alpha value is 0. The fraction of sp³-hybridized carbons (Fsp3) is 1.00. The summed E-state index contributed by atoms with van der Waals surface area (Å²) in [6, 6.07) is 0. The van der Waals surface area contributed by atoms with Gasteiger partial charge >= 0.3 is 0 Å². The molecule has 1 rings (SSSR count). The van der Waals surface area contributed by atoms with Gasteiger partial charge in [-0.1, -0.05) is 48.0 Å². The molecule has 0 saturated heterocycles. The lowest BCUT2D eigenvalue weighted by atomic mass is 9.72. The van der Waals surface area contributed by atoms with Gasteiger partial charge < -0.3 is 0 Å². The van der Waals surface area contributed by atoms with E-state index in [1.165, 1.54) is 19.3 Å². The summed E-state index contributed by atoms with van der Waals surface area (Å²) in [7, 11) is 0. The summed E-state index contributed by atoms with van der Waals surface area (Å²) in [5.41, 5.74) is 0.722. The van der Waals surface area contributed by atoms with Crippen LogP contribution in [0, 0.1) is 5.41 Å². The summed E-state index contributed by atoms with van der Waals surface area (Å²) in [6.45, 7) is 12.7. The SMILES string of the molecule is CC.CC.CC1(C)CCC1. The predicted octanol–water partition coefficient (Wildman–Crippen LogP) is 4.25. The normalized spacial score (nSPS) is 18.6. The van der Waals surface area contributed by atoms with Gasteiger partial charge in [-0.3, -0.25) is 0 Å². The Balaban J connectivity index is 0. The topological polar surface area (TPSA) is 0 Å². The van der Waals surface area contributed by atoms with Gasteiger partial charge in [-0.05, 0) is 18.3 Å². The van der Waals surface area contributed by atoms with Gasteiger partial charge in [0.15, 0.2) is 0 Å². The zero-order valence-corrected chi connectivity index (χ0v) is 8.62. The van der Waals surface area contributed by atoms with Gasteiger partial charge in [0.25, 0.3) is 0 Å². The highest BCUT2D eigenvalue weighted by atomic mass is 14.3. The molecular weight excluding hydrogens is 120 g/mol. The molecule has 0 nitrogen and oxygen atoms in total. The van der Waals surface area contributed by atoms with Crippen molar-refractivity contribution in [2.24, 2.45) is 5.41 Å². The maximum absolute atomic E-state index is 2.33. The highest BCUT2D eigenvalue weighted by molar-refractivity contribution is 4.77. The van der Waals surface area contributed by atoms with Crippen LogP contribution in [0.15, 0.2) is 0 Å². The maximum atomic E-state index is 2.33. The molecule has 0 unspecified atom stereocenters. The monoisotopic (exact) mass is 144 g/mol. The van der Waals surface area contributed by atoms with Crippen molar-refractivity contribution < 1.29 is 0 Å². The first kappa shape index (κ1) is 12.7. The molecule has 1 aliphatic carbocycles. The maximum Gasteiger partial charge on any atom is -0.0354 e. The zero-order valence-electron chi connectivity index (χ0n) is 8.62. The lowest BCUT2D eigenvalue weighted by molar-refractivity contribution is 0.190. The molecule has 64 valence electrons. The standard InChI is InChI=1S/C6H12.2C2H6/c1-6(2)4-3-5-6;2*1-2/h3-5H2,1-2H3;2*1-2H3. The lowest BCUT2D eigenvalue weighted by Gasteiger charge is -2.33. The molecule has 0 N–H and O–H groups in total. The van der Waals surface area contributed by atoms with Crippen LogP contribution in [0.1, 0.15) is 60.8 Å². The van der Waals surface area contributed by atoms with Crippen LogP contribution in [0.3, 0.4) is 0 Å². The Morgan fingerprint density at radius 2 is 1.00 bits per heavy atom. The molecule has 0 heterocycles. The van der Waals surface area contributed by atoms with E-state index in [0.29, 0.717) is 0 Å². The molecular formula is C10H24. The van der Waals surface area contributed by atoms with Crippen LogP contribution < -0.4 is 0 Å². The fourth-order valence-corrected chi connectivity index (χ4v) is 0.884. The summed E-state index contributed by atoms with van der Waals surface area (Å²) < 4.78 is 0. The molecule has 0 amide bonds. The highest BCUT2D eigenvalue weighted by Gasteiger charge is 2.24. The second-order valence-electron chi connectivity index (χ2n) is 3.02. The Bertz CT molecular complexity index is 47.1. The molecule has 0 heteroatoms. The minimum absolute atomic E-state index is 0.722. The van der Waals surface area contributed by atoms with Crippen LogP contribution in [0.5, 0.6) is 0 Å². The van der Waals surface area contributed by atoms with Crippen molar-refractivity contribution in [1.82, 2.24) is 0 Å². The molecule has 0 aromatic heterocycles. The molecule has 1 aliphatic rings. The summed E-state index contributed by atoms with van der Waals surface area (Å²) in [6.07, 6.45) is 4.37. The molecule has 0 atom stereocenters. The van der Waals surface area contributed by atoms with Crippen molar-refractivity contribution >= 4 is 0 Å². The summed E-state index contributed by atoms with van der Waals surface area (Å²) in [5.74, 6) is 0. The van der Waals surface area contributed by atoms with Crippen LogP contribution in [-0.4, -0.2) is 0 Å². The third kappa shape index (κ3) is 6.12. The molecule has 0 radical (unpaired) electrons. The van der Waals surface area contributed by atoms with Gasteiger partial charge in [-0.25, -0.2) is 0 Å². The quantitative estimate of drug-likeness (QED) is 0.477. The van der Waals surface area contributed by atoms with Gasteiger partial charge in [-0.15, -0.1) is 0 Å². The van der Waals surface area contributed by atoms with Crippen molar-refractivity contribution in [2.75, 3.05) is 0 Å². The minimum Gasteiger partial charge on any atom is -0.0683 e. The van der Waals surface area contributed by atoms with Crippen LogP contribution in [0.4, 0.5) is 0 Å². The Kier molecular flexibility index (Phi) is 9.00. The Morgan fingerprint density at radius 1 is 0.800 bits per heavy atom. The van der Waals surface area contributed by atoms with Crippen LogP contribution in [0.25, 0.3) is 0 Å². The van der Waals surface area contributed by atoms with Crippen LogP contribution in [-0.2, 0) is 0 Å². The zero-order chi connectivity index (χ0) is 8.62. The molecule has 1 saturated carbocycles. The van der Waals surface area contributed by atoms with Crippen LogP contribution in [0.2, 0.25) is 0 Å². The van der Waals surface area contributed by atoms with E-state index in [1.54, 1.807) is 0 Å². The summed E-state index contributed by atoms with van der Waals surface area (Å²) in [5, 5.41) is 0. The van der Waals surface area contributed by atoms with Gasteiger partial charge in [0, 0.05) is 0 Å². The van der Waals surface area contributed by atoms with Crippen molar-refractivity contribution in [3.8, 4) is 0 Å². The second-order valence-corrected chi connectivity index (χ2v) is 3.02. The average molecular weight is 144 g/mol. The summed E-state index contributed by atoms with van der Waals surface area (Å²) in [4.78, 5) is 0. The number of hydrogen-bond donors (Lipinski definition) is 0. The number of hydrogen-bond acceptors (Lipinski definition) is 0. The van der Waals surface area contributed by atoms with Gasteiger partial charge in [-0.2, -0.15) is 0 Å². The van der Waals surface area contributed by atoms with E-state index in [1.807, 2.05) is 27.7 Å². The molecule has 0 spiro atoms. The van der Waals surface area contributed by atoms with Crippen molar-refractivity contribution in [2.45, 2.75) is 60.8 Å². The number of rotatable bonds is 0. The van der Waals surface area contributed by atoms with Crippen LogP contribution >= 0.6 is 0 Å². The third-order valence-electron chi connectivity index (χ3n) is 1.71. The first-order chi connectivity index (χ1) is 4.71. The van der Waals surface area contributed by atoms with Crippen molar-refractivity contribution in [3.05, 3.63) is 0 Å². The Labute approximate surface area is 67.0 Å². The van der Waals surface area contributed by atoms with Crippen molar-refractivity contribution in [1.29, 1.82) is 0 Å². The van der Waals surface area contributed by atoms with E-state index >= 15 is 0 Å². The lowest BCUT2D eigenvalue weighted by Crippen LogP contribution is -2.20. The molecule has 10 heavy (non-hydrogen) atoms. The predicted molar refractivity (Wildman–Crippen MR) is 50.3 cm³/mol. The van der Waals surface area contributed by atoms with E-state index in [4.69, 9.17) is 0 Å². The fourth-order valence-electron chi connectivity index (χ4n) is 0.884. The largest absolute Gasteiger partial charge is 0.0683 e. The first-order valence-corrected chi connectivity index (χ1v) is 4.71. The van der Waals surface area contributed by atoms with E-state index in [9.17, 15) is 0 Å². The highest BCUT2D eigenvalue weighted by Crippen LogP contribution is 2.38. The molecule has 0 bridgehead atoms. The van der Waals surface area contributed by atoms with Crippen molar-refractivity contribution in [3.63, 3.8) is 0 Å². The molecule has 1 fully saturated rings. The minimum atomic E-state index is 0.722. The van der Waals surface area contributed by atoms with E-state index < -0.39 is 0 Å². The molecule has 0 aromatic carbocycles. The molecule has 0 aliphatic heterocycles. The van der Waals surface area contributed by atoms with E-state index in [-0.39, 0.29) is 0 Å². The van der Waals surface area contributed by atoms with Gasteiger partial charge in [0.1, 0.15) is 0 Å².